The molecule has 0 atom stereocenters. The zero-order valence-corrected chi connectivity index (χ0v) is 7.14. The third-order valence-corrected chi connectivity index (χ3v) is 1.40. The highest BCUT2D eigenvalue weighted by molar-refractivity contribution is 5.65. The summed E-state index contributed by atoms with van der Waals surface area (Å²) in [4.78, 5) is 10.3. The normalized spacial score (nSPS) is 9.64. The number of hydrogen-bond donors (Lipinski definition) is 1. The van der Waals surface area contributed by atoms with Crippen molar-refractivity contribution in [2.75, 3.05) is 13.2 Å². The lowest BCUT2D eigenvalue weighted by Crippen LogP contribution is -2.01. The molecule has 0 aliphatic heterocycles. The maximum absolute atomic E-state index is 10.3. The van der Waals surface area contributed by atoms with Crippen LogP contribution in [0.3, 0.4) is 0 Å². The molecule has 0 aromatic carbocycles. The number of ether oxygens (including phenoxy) is 1. The van der Waals surface area contributed by atoms with Gasteiger partial charge in [0.2, 0.25) is 0 Å². The van der Waals surface area contributed by atoms with Gasteiger partial charge in [0.05, 0.1) is 6.61 Å². The monoisotopic (exact) mass is 159 g/mol. The Morgan fingerprint density at radius 3 is 2.45 bits per heavy atom. The predicted molar refractivity (Wildman–Crippen MR) is 44.2 cm³/mol. The molecule has 0 rings (SSSR count). The molecule has 0 saturated carbocycles. The smallest absolute Gasteiger partial charge is 0.302 e. The van der Waals surface area contributed by atoms with Gasteiger partial charge < -0.3 is 10.5 Å². The summed E-state index contributed by atoms with van der Waals surface area (Å²) in [6, 6.07) is 0. The quantitative estimate of drug-likeness (QED) is 0.466. The fraction of sp³-hybridized carbons (Fsp3) is 0.875. The van der Waals surface area contributed by atoms with Crippen LogP contribution in [0.1, 0.15) is 32.6 Å². The van der Waals surface area contributed by atoms with E-state index in [-0.39, 0.29) is 5.97 Å². The predicted octanol–water partition coefficient (Wildman–Crippen LogP) is 1.07. The molecule has 0 aliphatic carbocycles. The fourth-order valence-electron chi connectivity index (χ4n) is 0.816. The molecule has 0 aromatic rings. The van der Waals surface area contributed by atoms with Gasteiger partial charge in [-0.2, -0.15) is 0 Å². The average Bonchev–Trinajstić information content (AvgIpc) is 1.96. The third kappa shape index (κ3) is 9.43. The number of unbranched alkanes of at least 4 members (excludes halogenated alkanes) is 3. The first-order valence-corrected chi connectivity index (χ1v) is 4.11. The second-order valence-corrected chi connectivity index (χ2v) is 2.54. The van der Waals surface area contributed by atoms with Crippen molar-refractivity contribution in [3.05, 3.63) is 0 Å². The minimum absolute atomic E-state index is 0.191. The largest absolute Gasteiger partial charge is 0.466 e. The van der Waals surface area contributed by atoms with E-state index in [0.29, 0.717) is 6.61 Å². The van der Waals surface area contributed by atoms with Crippen molar-refractivity contribution >= 4 is 5.97 Å². The van der Waals surface area contributed by atoms with E-state index < -0.39 is 0 Å². The Morgan fingerprint density at radius 2 is 1.91 bits per heavy atom. The summed E-state index contributed by atoms with van der Waals surface area (Å²) in [5.74, 6) is -0.191. The number of carbonyl (C=O) groups excluding carboxylic acids is 1. The van der Waals surface area contributed by atoms with Crippen LogP contribution in [-0.2, 0) is 9.53 Å². The molecule has 0 heterocycles. The molecule has 66 valence electrons. The van der Waals surface area contributed by atoms with Crippen LogP contribution in [0.5, 0.6) is 0 Å². The summed E-state index contributed by atoms with van der Waals surface area (Å²) in [6.45, 7) is 2.74. The highest BCUT2D eigenvalue weighted by Gasteiger charge is 1.92. The van der Waals surface area contributed by atoms with Crippen LogP contribution >= 0.6 is 0 Å². The van der Waals surface area contributed by atoms with Crippen LogP contribution in [0, 0.1) is 0 Å². The molecule has 0 fully saturated rings. The van der Waals surface area contributed by atoms with Crippen LogP contribution in [-0.4, -0.2) is 19.1 Å². The van der Waals surface area contributed by atoms with Gasteiger partial charge in [-0.25, -0.2) is 0 Å². The average molecular weight is 159 g/mol. The lowest BCUT2D eigenvalue weighted by molar-refractivity contribution is -0.141. The Kier molecular flexibility index (Phi) is 7.15. The first kappa shape index (κ1) is 10.4. The summed E-state index contributed by atoms with van der Waals surface area (Å²) < 4.78 is 4.75. The Balaban J connectivity index is 2.85. The third-order valence-electron chi connectivity index (χ3n) is 1.40. The molecular weight excluding hydrogens is 142 g/mol. The fourth-order valence-corrected chi connectivity index (χ4v) is 0.816. The van der Waals surface area contributed by atoms with Crippen LogP contribution in [0.15, 0.2) is 0 Å². The molecule has 3 nitrogen and oxygen atoms in total. The Hall–Kier alpha value is -0.570. The molecule has 0 saturated heterocycles. The zero-order chi connectivity index (χ0) is 8.53. The van der Waals surface area contributed by atoms with Crippen molar-refractivity contribution in [3.63, 3.8) is 0 Å². The first-order chi connectivity index (χ1) is 5.27. The minimum atomic E-state index is -0.191. The van der Waals surface area contributed by atoms with Crippen molar-refractivity contribution in [1.29, 1.82) is 0 Å². The van der Waals surface area contributed by atoms with Crippen molar-refractivity contribution < 1.29 is 9.53 Å². The van der Waals surface area contributed by atoms with Gasteiger partial charge in [-0.15, -0.1) is 0 Å². The van der Waals surface area contributed by atoms with Crippen molar-refractivity contribution in [1.82, 2.24) is 0 Å². The molecule has 3 heteroatoms. The molecule has 0 spiro atoms. The second-order valence-electron chi connectivity index (χ2n) is 2.54. The van der Waals surface area contributed by atoms with E-state index in [1.807, 2.05) is 0 Å². The molecule has 11 heavy (non-hydrogen) atoms. The van der Waals surface area contributed by atoms with Crippen molar-refractivity contribution in [2.45, 2.75) is 32.6 Å². The van der Waals surface area contributed by atoms with E-state index >= 15 is 0 Å². The van der Waals surface area contributed by atoms with Gasteiger partial charge in [0.25, 0.3) is 0 Å². The van der Waals surface area contributed by atoms with E-state index in [9.17, 15) is 4.79 Å². The summed E-state index contributed by atoms with van der Waals surface area (Å²) in [6.07, 6.45) is 4.27. The Bertz CT molecular complexity index is 104. The summed E-state index contributed by atoms with van der Waals surface area (Å²) in [5.41, 5.74) is 5.31. The topological polar surface area (TPSA) is 52.3 Å². The van der Waals surface area contributed by atoms with E-state index in [4.69, 9.17) is 10.5 Å². The van der Waals surface area contributed by atoms with Gasteiger partial charge in [0, 0.05) is 6.92 Å². The van der Waals surface area contributed by atoms with Gasteiger partial charge >= 0.3 is 5.97 Å². The molecule has 0 bridgehead atoms. The molecule has 2 N–H and O–H groups in total. The summed E-state index contributed by atoms with van der Waals surface area (Å²) in [7, 11) is 0. The molecule has 0 aromatic heterocycles. The van der Waals surface area contributed by atoms with Gasteiger partial charge in [-0.1, -0.05) is 12.8 Å². The number of nitrogens with two attached hydrogens (primary N) is 1. The van der Waals surface area contributed by atoms with Crippen LogP contribution in [0.2, 0.25) is 0 Å². The van der Waals surface area contributed by atoms with Gasteiger partial charge in [-0.3, -0.25) is 4.79 Å². The highest BCUT2D eigenvalue weighted by atomic mass is 16.5. The maximum Gasteiger partial charge on any atom is 0.302 e. The number of esters is 1. The minimum Gasteiger partial charge on any atom is -0.466 e. The van der Waals surface area contributed by atoms with E-state index in [1.54, 1.807) is 0 Å². The van der Waals surface area contributed by atoms with Gasteiger partial charge in [0.15, 0.2) is 0 Å². The van der Waals surface area contributed by atoms with Crippen LogP contribution < -0.4 is 5.73 Å². The van der Waals surface area contributed by atoms with Gasteiger partial charge in [-0.05, 0) is 19.4 Å². The molecule has 0 aliphatic rings. The lowest BCUT2D eigenvalue weighted by atomic mass is 10.2. The summed E-state index contributed by atoms with van der Waals surface area (Å²) >= 11 is 0. The zero-order valence-electron chi connectivity index (χ0n) is 7.14. The molecule has 0 radical (unpaired) electrons. The van der Waals surface area contributed by atoms with Crippen molar-refractivity contribution in [3.8, 4) is 0 Å². The first-order valence-electron chi connectivity index (χ1n) is 4.11. The van der Waals surface area contributed by atoms with E-state index in [1.165, 1.54) is 6.92 Å². The van der Waals surface area contributed by atoms with Gasteiger partial charge in [0.1, 0.15) is 0 Å². The SMILES string of the molecule is CC(=O)OCCCCCCN. The second kappa shape index (κ2) is 7.54. The molecular formula is C8H17NO2. The highest BCUT2D eigenvalue weighted by Crippen LogP contribution is 1.98. The summed E-state index contributed by atoms with van der Waals surface area (Å²) in [5, 5.41) is 0. The number of carbonyl (C=O) groups is 1. The Labute approximate surface area is 67.9 Å². The lowest BCUT2D eigenvalue weighted by Gasteiger charge is -2.00. The van der Waals surface area contributed by atoms with E-state index in [0.717, 1.165) is 32.2 Å². The molecule has 0 unspecified atom stereocenters. The number of hydrogen-bond acceptors (Lipinski definition) is 3. The van der Waals surface area contributed by atoms with E-state index in [2.05, 4.69) is 0 Å². The Morgan fingerprint density at radius 1 is 1.27 bits per heavy atom. The van der Waals surface area contributed by atoms with Crippen molar-refractivity contribution in [2.24, 2.45) is 5.73 Å². The molecule has 0 amide bonds. The van der Waals surface area contributed by atoms with Crippen LogP contribution in [0.25, 0.3) is 0 Å². The van der Waals surface area contributed by atoms with Crippen LogP contribution in [0.4, 0.5) is 0 Å². The number of rotatable bonds is 6. The maximum atomic E-state index is 10.3. The standard InChI is InChI=1S/C8H17NO2/c1-8(10)11-7-5-3-2-4-6-9/h2-7,9H2,1H3.